The summed E-state index contributed by atoms with van der Waals surface area (Å²) in [5, 5.41) is 14.8. The van der Waals surface area contributed by atoms with Crippen LogP contribution in [0.15, 0.2) is 35.8 Å². The number of aromatic nitrogens is 1. The van der Waals surface area contributed by atoms with Crippen molar-refractivity contribution in [3.8, 4) is 10.6 Å². The zero-order valence-corrected chi connectivity index (χ0v) is 13.1. The number of aliphatic carboxylic acids is 1. The number of rotatable bonds is 4. The molecule has 2 N–H and O–H groups in total. The fraction of sp³-hybridized carbons (Fsp3) is 0.312. The lowest BCUT2D eigenvalue weighted by Crippen LogP contribution is -2.17. The second-order valence-corrected chi connectivity index (χ2v) is 6.91. The molecule has 2 atom stereocenters. The highest BCUT2D eigenvalue weighted by Gasteiger charge is 2.65. The van der Waals surface area contributed by atoms with Gasteiger partial charge >= 0.3 is 5.97 Å². The van der Waals surface area contributed by atoms with Crippen LogP contribution in [0.2, 0.25) is 0 Å². The van der Waals surface area contributed by atoms with Crippen molar-refractivity contribution in [1.29, 1.82) is 0 Å². The van der Waals surface area contributed by atoms with Gasteiger partial charge in [-0.1, -0.05) is 13.8 Å². The van der Waals surface area contributed by atoms with Crippen molar-refractivity contribution in [2.45, 2.75) is 13.8 Å². The van der Waals surface area contributed by atoms with Crippen molar-refractivity contribution in [1.82, 2.24) is 4.98 Å². The summed E-state index contributed by atoms with van der Waals surface area (Å²) in [6.45, 7) is 3.61. The average Bonchev–Trinajstić information content (AvgIpc) is 2.84. The minimum Gasteiger partial charge on any atom is -0.481 e. The molecule has 1 saturated carbocycles. The van der Waals surface area contributed by atoms with Gasteiger partial charge in [0.15, 0.2) is 0 Å². The maximum absolute atomic E-state index is 12.2. The summed E-state index contributed by atoms with van der Waals surface area (Å²) in [7, 11) is 0. The summed E-state index contributed by atoms with van der Waals surface area (Å²) in [5.41, 5.74) is 1.16. The van der Waals surface area contributed by atoms with Crippen LogP contribution in [0.1, 0.15) is 13.8 Å². The van der Waals surface area contributed by atoms with E-state index in [0.717, 1.165) is 10.6 Å². The topological polar surface area (TPSA) is 79.3 Å². The Morgan fingerprint density at radius 1 is 1.23 bits per heavy atom. The lowest BCUT2D eigenvalue weighted by Gasteiger charge is -2.06. The lowest BCUT2D eigenvalue weighted by atomic mass is 10.1. The van der Waals surface area contributed by atoms with Crippen molar-refractivity contribution in [3.05, 3.63) is 35.8 Å². The second kappa shape index (κ2) is 5.21. The van der Waals surface area contributed by atoms with E-state index in [9.17, 15) is 9.59 Å². The molecule has 1 heterocycles. The predicted molar refractivity (Wildman–Crippen MR) is 84.6 cm³/mol. The van der Waals surface area contributed by atoms with E-state index >= 15 is 0 Å². The monoisotopic (exact) mass is 316 g/mol. The van der Waals surface area contributed by atoms with Gasteiger partial charge in [-0.05, 0) is 29.7 Å². The van der Waals surface area contributed by atoms with E-state index in [2.05, 4.69) is 10.3 Å². The molecule has 6 heteroatoms. The van der Waals surface area contributed by atoms with Crippen LogP contribution in [0.5, 0.6) is 0 Å². The Bertz CT molecular complexity index is 708. The molecule has 1 fully saturated rings. The molecule has 1 amide bonds. The summed E-state index contributed by atoms with van der Waals surface area (Å²) in [4.78, 5) is 27.6. The Kier molecular flexibility index (Phi) is 3.48. The quantitative estimate of drug-likeness (QED) is 0.908. The summed E-state index contributed by atoms with van der Waals surface area (Å²) in [5.74, 6) is -2.24. The zero-order valence-electron chi connectivity index (χ0n) is 12.2. The largest absolute Gasteiger partial charge is 0.481 e. The first-order valence-corrected chi connectivity index (χ1v) is 7.83. The summed E-state index contributed by atoms with van der Waals surface area (Å²) < 4.78 is 0. The Labute approximate surface area is 132 Å². The van der Waals surface area contributed by atoms with Crippen molar-refractivity contribution in [2.24, 2.45) is 17.3 Å². The minimum atomic E-state index is -0.913. The summed E-state index contributed by atoms with van der Waals surface area (Å²) in [6, 6.07) is 7.39. The average molecular weight is 316 g/mol. The predicted octanol–water partition coefficient (Wildman–Crippen LogP) is 3.11. The highest BCUT2D eigenvalue weighted by molar-refractivity contribution is 7.13. The fourth-order valence-electron chi connectivity index (χ4n) is 2.87. The van der Waals surface area contributed by atoms with Gasteiger partial charge in [0.1, 0.15) is 5.01 Å². The first-order chi connectivity index (χ1) is 10.4. The molecule has 0 aliphatic heterocycles. The van der Waals surface area contributed by atoms with E-state index in [4.69, 9.17) is 5.11 Å². The molecule has 1 aliphatic carbocycles. The molecule has 114 valence electrons. The van der Waals surface area contributed by atoms with E-state index in [0.29, 0.717) is 5.69 Å². The number of anilines is 1. The lowest BCUT2D eigenvalue weighted by molar-refractivity contribution is -0.140. The molecule has 0 spiro atoms. The molecule has 2 aromatic rings. The molecule has 1 aromatic carbocycles. The third kappa shape index (κ3) is 2.50. The maximum Gasteiger partial charge on any atom is 0.307 e. The first kappa shape index (κ1) is 14.7. The van der Waals surface area contributed by atoms with Crippen molar-refractivity contribution in [3.63, 3.8) is 0 Å². The van der Waals surface area contributed by atoms with E-state index in [1.165, 1.54) is 0 Å². The number of thiazole rings is 1. The Morgan fingerprint density at radius 2 is 1.91 bits per heavy atom. The van der Waals surface area contributed by atoms with Gasteiger partial charge in [-0.15, -0.1) is 11.3 Å². The van der Waals surface area contributed by atoms with Gasteiger partial charge in [-0.2, -0.15) is 0 Å². The van der Waals surface area contributed by atoms with Crippen LogP contribution in [-0.4, -0.2) is 22.0 Å². The third-order valence-corrected chi connectivity index (χ3v) is 5.03. The molecule has 5 nitrogen and oxygen atoms in total. The number of hydrogen-bond donors (Lipinski definition) is 2. The maximum atomic E-state index is 12.2. The molecular formula is C16H16N2O3S. The molecule has 22 heavy (non-hydrogen) atoms. The number of carbonyl (C=O) groups is 2. The highest BCUT2D eigenvalue weighted by Crippen LogP contribution is 2.58. The van der Waals surface area contributed by atoms with Gasteiger partial charge in [0.25, 0.3) is 0 Å². The van der Waals surface area contributed by atoms with Crippen LogP contribution in [0.3, 0.4) is 0 Å². The molecular weight excluding hydrogens is 300 g/mol. The zero-order chi connectivity index (χ0) is 15.9. The number of carboxylic acids is 1. The number of nitrogens with zero attached hydrogens (tertiary/aromatic N) is 1. The summed E-state index contributed by atoms with van der Waals surface area (Å²) in [6.07, 6.45) is 1.75. The highest BCUT2D eigenvalue weighted by atomic mass is 32.1. The van der Waals surface area contributed by atoms with Gasteiger partial charge in [0.2, 0.25) is 5.91 Å². The molecule has 1 aliphatic rings. The number of hydrogen-bond acceptors (Lipinski definition) is 4. The van der Waals surface area contributed by atoms with Gasteiger partial charge in [-0.25, -0.2) is 4.98 Å². The number of benzene rings is 1. The van der Waals surface area contributed by atoms with Crippen LogP contribution in [-0.2, 0) is 9.59 Å². The van der Waals surface area contributed by atoms with Crippen LogP contribution in [0, 0.1) is 17.3 Å². The SMILES string of the molecule is CC1(C)[C@H](C(=O)O)[C@@H]1C(=O)Nc1ccc(-c2nccs2)cc1. The standard InChI is InChI=1S/C16H16N2O3S/c1-16(2)11(12(16)15(20)21)13(19)18-10-5-3-9(4-6-10)14-17-7-8-22-14/h3-8,11-12H,1-2H3,(H,18,19)(H,20,21)/t11-,12+/m1/s1. The number of nitrogens with one attached hydrogen (secondary N) is 1. The first-order valence-electron chi connectivity index (χ1n) is 6.95. The molecule has 0 bridgehead atoms. The molecule has 0 unspecified atom stereocenters. The van der Waals surface area contributed by atoms with Gasteiger partial charge in [0, 0.05) is 22.8 Å². The Hall–Kier alpha value is -2.21. The van der Waals surface area contributed by atoms with E-state index in [1.54, 1.807) is 29.7 Å². The molecule has 1 aromatic heterocycles. The van der Waals surface area contributed by atoms with E-state index in [1.807, 2.05) is 31.4 Å². The smallest absolute Gasteiger partial charge is 0.307 e. The van der Waals surface area contributed by atoms with Crippen LogP contribution in [0.25, 0.3) is 10.6 Å². The minimum absolute atomic E-state index is 0.237. The number of carboxylic acid groups (broad SMARTS) is 1. The Morgan fingerprint density at radius 3 is 2.41 bits per heavy atom. The van der Waals surface area contributed by atoms with Gasteiger partial charge in [-0.3, -0.25) is 9.59 Å². The molecule has 0 radical (unpaired) electrons. The van der Waals surface area contributed by atoms with Gasteiger partial charge in [0.05, 0.1) is 11.8 Å². The Balaban J connectivity index is 1.69. The van der Waals surface area contributed by atoms with E-state index < -0.39 is 23.2 Å². The number of carbonyl (C=O) groups excluding carboxylic acids is 1. The van der Waals surface area contributed by atoms with Crippen molar-refractivity contribution < 1.29 is 14.7 Å². The normalized spacial score (nSPS) is 22.1. The third-order valence-electron chi connectivity index (χ3n) is 4.21. The second-order valence-electron chi connectivity index (χ2n) is 6.02. The molecule has 3 rings (SSSR count). The van der Waals surface area contributed by atoms with E-state index in [-0.39, 0.29) is 5.91 Å². The number of amides is 1. The van der Waals surface area contributed by atoms with Gasteiger partial charge < -0.3 is 10.4 Å². The van der Waals surface area contributed by atoms with Crippen LogP contribution >= 0.6 is 11.3 Å². The fourth-order valence-corrected chi connectivity index (χ4v) is 3.51. The molecule has 0 saturated heterocycles. The van der Waals surface area contributed by atoms with Crippen molar-refractivity contribution in [2.75, 3.05) is 5.32 Å². The summed E-state index contributed by atoms with van der Waals surface area (Å²) >= 11 is 1.55. The van der Waals surface area contributed by atoms with Crippen LogP contribution in [0.4, 0.5) is 5.69 Å². The van der Waals surface area contributed by atoms with Crippen molar-refractivity contribution >= 4 is 28.9 Å². The van der Waals surface area contributed by atoms with Crippen LogP contribution < -0.4 is 5.32 Å².